The Hall–Kier alpha value is -6.16. The van der Waals surface area contributed by atoms with Crippen molar-refractivity contribution >= 4 is 81.3 Å². The summed E-state index contributed by atoms with van der Waals surface area (Å²) in [5.74, 6) is 0. The van der Waals surface area contributed by atoms with Gasteiger partial charge in [-0.2, -0.15) is 0 Å². The molecule has 0 saturated carbocycles. The Morgan fingerprint density at radius 1 is 0.388 bits per heavy atom. The van der Waals surface area contributed by atoms with Crippen molar-refractivity contribution in [2.75, 3.05) is 4.90 Å². The lowest BCUT2D eigenvalue weighted by Gasteiger charge is -2.29. The Balaban J connectivity index is 1.14. The highest BCUT2D eigenvalue weighted by Crippen LogP contribution is 2.45. The summed E-state index contributed by atoms with van der Waals surface area (Å²) in [4.78, 5) is 2.42. The first-order valence-electron chi connectivity index (χ1n) is 16.6. The van der Waals surface area contributed by atoms with Crippen molar-refractivity contribution in [1.29, 1.82) is 0 Å². The summed E-state index contributed by atoms with van der Waals surface area (Å²) in [5, 5.41) is 7.31. The van der Waals surface area contributed by atoms with Crippen LogP contribution in [0.15, 0.2) is 180 Å². The maximum absolute atomic E-state index is 6.11. The van der Waals surface area contributed by atoms with E-state index in [1.807, 2.05) is 23.5 Å². The Morgan fingerprint density at radius 3 is 1.94 bits per heavy atom. The van der Waals surface area contributed by atoms with Gasteiger partial charge in [0.1, 0.15) is 11.2 Å². The van der Waals surface area contributed by atoms with Gasteiger partial charge in [0.05, 0.1) is 11.4 Å². The number of benzene rings is 8. The highest BCUT2D eigenvalue weighted by molar-refractivity contribution is 7.25. The topological polar surface area (TPSA) is 16.4 Å². The van der Waals surface area contributed by atoms with E-state index in [0.717, 1.165) is 44.6 Å². The Morgan fingerprint density at radius 2 is 1.02 bits per heavy atom. The third-order valence-corrected chi connectivity index (χ3v) is 10.8. The van der Waals surface area contributed by atoms with Crippen LogP contribution in [0.2, 0.25) is 0 Å². The Kier molecular flexibility index (Phi) is 6.39. The van der Waals surface area contributed by atoms with Crippen molar-refractivity contribution in [3.8, 4) is 22.3 Å². The zero-order valence-corrected chi connectivity index (χ0v) is 27.3. The number of thiophene rings is 1. The summed E-state index contributed by atoms with van der Waals surface area (Å²) < 4.78 is 8.74. The number of nitrogens with zero attached hydrogens (tertiary/aromatic N) is 1. The molecule has 0 amide bonds. The molecule has 230 valence electrons. The zero-order valence-electron chi connectivity index (χ0n) is 26.5. The molecule has 0 saturated heterocycles. The zero-order chi connectivity index (χ0) is 32.3. The van der Waals surface area contributed by atoms with Crippen LogP contribution in [0.1, 0.15) is 0 Å². The van der Waals surface area contributed by atoms with Gasteiger partial charge in [0.15, 0.2) is 0 Å². The average Bonchev–Trinajstić information content (AvgIpc) is 3.73. The van der Waals surface area contributed by atoms with E-state index in [-0.39, 0.29) is 0 Å². The predicted octanol–water partition coefficient (Wildman–Crippen LogP) is 13.9. The molecule has 0 N–H and O–H groups in total. The van der Waals surface area contributed by atoms with E-state index in [2.05, 4.69) is 169 Å². The number of furan rings is 1. The number of hydrogen-bond donors (Lipinski definition) is 0. The van der Waals surface area contributed by atoms with Crippen LogP contribution < -0.4 is 4.90 Å². The molecule has 2 nitrogen and oxygen atoms in total. The maximum Gasteiger partial charge on any atom is 0.135 e. The molecule has 10 aromatic rings. The molecule has 0 fully saturated rings. The van der Waals surface area contributed by atoms with Crippen LogP contribution in [0.5, 0.6) is 0 Å². The van der Waals surface area contributed by atoms with Gasteiger partial charge in [-0.1, -0.05) is 115 Å². The third kappa shape index (κ3) is 4.62. The van der Waals surface area contributed by atoms with Crippen LogP contribution in [0.3, 0.4) is 0 Å². The minimum Gasteiger partial charge on any atom is -0.456 e. The molecule has 0 bridgehead atoms. The molecule has 2 heterocycles. The van der Waals surface area contributed by atoms with Crippen molar-refractivity contribution in [1.82, 2.24) is 0 Å². The van der Waals surface area contributed by atoms with E-state index in [1.54, 1.807) is 0 Å². The van der Waals surface area contributed by atoms with E-state index < -0.39 is 0 Å². The Labute approximate surface area is 287 Å². The molecule has 49 heavy (non-hydrogen) atoms. The van der Waals surface area contributed by atoms with E-state index >= 15 is 0 Å². The van der Waals surface area contributed by atoms with E-state index in [0.29, 0.717) is 0 Å². The number of para-hydroxylation sites is 2. The fourth-order valence-corrected chi connectivity index (χ4v) is 8.41. The molecular weight excluding hydrogens is 615 g/mol. The van der Waals surface area contributed by atoms with Crippen LogP contribution in [0.4, 0.5) is 17.1 Å². The lowest BCUT2D eigenvalue weighted by atomic mass is 9.98. The lowest BCUT2D eigenvalue weighted by Crippen LogP contribution is -2.11. The minimum absolute atomic E-state index is 0.911. The third-order valence-electron chi connectivity index (χ3n) is 9.68. The van der Waals surface area contributed by atoms with Crippen LogP contribution in [-0.4, -0.2) is 0 Å². The molecule has 10 rings (SSSR count). The SMILES string of the molecule is c1ccc(N(c2ccc(-c3ccc4oc5ccccc5c4c3)cc2)c2cccc3ccccc23)c(-c2ccc3sc4ccccc4c3c2)c1. The highest BCUT2D eigenvalue weighted by Gasteiger charge is 2.20. The average molecular weight is 644 g/mol. The fourth-order valence-electron chi connectivity index (χ4n) is 7.33. The molecule has 3 heteroatoms. The van der Waals surface area contributed by atoms with Gasteiger partial charge in [-0.05, 0) is 82.7 Å². The van der Waals surface area contributed by atoms with Gasteiger partial charge in [0, 0.05) is 47.6 Å². The number of anilines is 3. The van der Waals surface area contributed by atoms with Crippen LogP contribution in [0, 0.1) is 0 Å². The molecule has 0 aliphatic heterocycles. The second-order valence-corrected chi connectivity index (χ2v) is 13.6. The molecule has 0 unspecified atom stereocenters. The smallest absolute Gasteiger partial charge is 0.135 e. The second-order valence-electron chi connectivity index (χ2n) is 12.5. The van der Waals surface area contributed by atoms with Gasteiger partial charge < -0.3 is 9.32 Å². The highest BCUT2D eigenvalue weighted by atomic mass is 32.1. The molecule has 0 spiro atoms. The first-order chi connectivity index (χ1) is 24.3. The first kappa shape index (κ1) is 27.9. The standard InChI is InChI=1S/C46H29NOS/c1-2-12-35-31(10-1)11-9-17-42(35)47(34-24-20-30(21-25-34)32-22-26-44-39(28-32)37-14-4-7-18-43(37)48-44)41-16-6-3-13-36(41)33-23-27-46-40(29-33)38-15-5-8-19-45(38)49-46/h1-29H. The van der Waals surface area contributed by atoms with Gasteiger partial charge >= 0.3 is 0 Å². The van der Waals surface area contributed by atoms with E-state index in [9.17, 15) is 0 Å². The van der Waals surface area contributed by atoms with Gasteiger partial charge in [-0.3, -0.25) is 0 Å². The molecule has 2 aromatic heterocycles. The van der Waals surface area contributed by atoms with Crippen molar-refractivity contribution < 1.29 is 4.42 Å². The number of hydrogen-bond acceptors (Lipinski definition) is 3. The van der Waals surface area contributed by atoms with Gasteiger partial charge in [0.25, 0.3) is 0 Å². The van der Waals surface area contributed by atoms with Gasteiger partial charge in [0.2, 0.25) is 0 Å². The summed E-state index contributed by atoms with van der Waals surface area (Å²) >= 11 is 1.86. The fraction of sp³-hybridized carbons (Fsp3) is 0. The largest absolute Gasteiger partial charge is 0.456 e. The molecule has 8 aromatic carbocycles. The summed E-state index contributed by atoms with van der Waals surface area (Å²) in [6.07, 6.45) is 0. The van der Waals surface area contributed by atoms with Gasteiger partial charge in [-0.15, -0.1) is 11.3 Å². The van der Waals surface area contributed by atoms with Crippen molar-refractivity contribution in [3.05, 3.63) is 176 Å². The molecule has 0 radical (unpaired) electrons. The molecule has 0 aliphatic carbocycles. The van der Waals surface area contributed by atoms with Crippen LogP contribution >= 0.6 is 11.3 Å². The molecule has 0 atom stereocenters. The van der Waals surface area contributed by atoms with Crippen molar-refractivity contribution in [2.24, 2.45) is 0 Å². The predicted molar refractivity (Wildman–Crippen MR) is 210 cm³/mol. The summed E-state index contributed by atoms with van der Waals surface area (Å²) in [6.45, 7) is 0. The summed E-state index contributed by atoms with van der Waals surface area (Å²) in [7, 11) is 0. The quantitative estimate of drug-likeness (QED) is 0.186. The Bertz CT molecular complexity index is 2840. The minimum atomic E-state index is 0.911. The van der Waals surface area contributed by atoms with Crippen LogP contribution in [0.25, 0.3) is 75.1 Å². The summed E-state index contributed by atoms with van der Waals surface area (Å²) in [5.41, 5.74) is 9.93. The molecular formula is C46H29NOS. The normalized spacial score (nSPS) is 11.7. The number of fused-ring (bicyclic) bond motifs is 7. The maximum atomic E-state index is 6.11. The van der Waals surface area contributed by atoms with Crippen molar-refractivity contribution in [3.63, 3.8) is 0 Å². The van der Waals surface area contributed by atoms with Crippen LogP contribution in [-0.2, 0) is 0 Å². The number of rotatable bonds is 5. The molecule has 0 aliphatic rings. The van der Waals surface area contributed by atoms with E-state index in [1.165, 1.54) is 47.6 Å². The summed E-state index contributed by atoms with van der Waals surface area (Å²) in [6, 6.07) is 63.4. The monoisotopic (exact) mass is 643 g/mol. The van der Waals surface area contributed by atoms with E-state index in [4.69, 9.17) is 4.42 Å². The first-order valence-corrected chi connectivity index (χ1v) is 17.4. The lowest BCUT2D eigenvalue weighted by molar-refractivity contribution is 0.669. The van der Waals surface area contributed by atoms with Gasteiger partial charge in [-0.25, -0.2) is 0 Å². The van der Waals surface area contributed by atoms with Crippen molar-refractivity contribution in [2.45, 2.75) is 0 Å². The second kappa shape index (κ2) is 11.2.